The van der Waals surface area contributed by atoms with Gasteiger partial charge in [0.15, 0.2) is 17.3 Å². The maximum atomic E-state index is 12.4. The highest BCUT2D eigenvalue weighted by Gasteiger charge is 2.23. The molecule has 1 aromatic carbocycles. The lowest BCUT2D eigenvalue weighted by atomic mass is 9.92. The van der Waals surface area contributed by atoms with Crippen LogP contribution >= 0.6 is 0 Å². The van der Waals surface area contributed by atoms with Crippen molar-refractivity contribution in [3.8, 4) is 17.6 Å². The van der Waals surface area contributed by atoms with Gasteiger partial charge in [0.2, 0.25) is 0 Å². The number of ether oxygens (including phenoxy) is 2. The molecule has 3 rings (SSSR count). The maximum Gasteiger partial charge on any atom is 0.184 e. The van der Waals surface area contributed by atoms with Crippen LogP contribution in [-0.2, 0) is 0 Å². The van der Waals surface area contributed by atoms with Gasteiger partial charge in [-0.1, -0.05) is 6.07 Å². The molecule has 0 amide bonds. The second kappa shape index (κ2) is 5.63. The molecule has 0 fully saturated rings. The van der Waals surface area contributed by atoms with Gasteiger partial charge in [0.05, 0.1) is 6.07 Å². The van der Waals surface area contributed by atoms with E-state index in [0.717, 1.165) is 0 Å². The van der Waals surface area contributed by atoms with Crippen molar-refractivity contribution >= 4 is 5.78 Å². The fourth-order valence-electron chi connectivity index (χ4n) is 2.21. The molecule has 1 aliphatic rings. The Balaban J connectivity index is 1.94. The van der Waals surface area contributed by atoms with Crippen molar-refractivity contribution in [1.29, 1.82) is 5.26 Å². The highest BCUT2D eigenvalue weighted by atomic mass is 16.6. The summed E-state index contributed by atoms with van der Waals surface area (Å²) in [4.78, 5) is 16.3. The van der Waals surface area contributed by atoms with E-state index < -0.39 is 5.92 Å². The number of nitriles is 1. The molecule has 5 nitrogen and oxygen atoms in total. The van der Waals surface area contributed by atoms with E-state index in [1.54, 1.807) is 30.3 Å². The first-order valence-corrected chi connectivity index (χ1v) is 6.53. The smallest absolute Gasteiger partial charge is 0.184 e. The van der Waals surface area contributed by atoms with E-state index in [0.29, 0.717) is 35.8 Å². The standard InChI is InChI=1S/C16H12N2O3/c17-10-13(16(19)11-3-5-18-6-4-11)12-1-2-14-15(9-12)21-8-7-20-14/h1-6,9,13H,7-8H2. The van der Waals surface area contributed by atoms with Gasteiger partial charge in [-0.25, -0.2) is 0 Å². The molecule has 1 aromatic heterocycles. The molecular weight excluding hydrogens is 268 g/mol. The number of hydrogen-bond donors (Lipinski definition) is 0. The Hall–Kier alpha value is -2.87. The lowest BCUT2D eigenvalue weighted by molar-refractivity contribution is 0.0978. The van der Waals surface area contributed by atoms with Gasteiger partial charge in [-0.05, 0) is 29.8 Å². The zero-order valence-electron chi connectivity index (χ0n) is 11.2. The van der Waals surface area contributed by atoms with E-state index in [1.165, 1.54) is 12.4 Å². The molecule has 0 saturated heterocycles. The summed E-state index contributed by atoms with van der Waals surface area (Å²) in [6, 6.07) is 10.4. The van der Waals surface area contributed by atoms with Crippen LogP contribution in [-0.4, -0.2) is 24.0 Å². The zero-order valence-corrected chi connectivity index (χ0v) is 11.2. The summed E-state index contributed by atoms with van der Waals surface area (Å²) in [5.74, 6) is 0.0828. The van der Waals surface area contributed by atoms with Crippen molar-refractivity contribution in [2.75, 3.05) is 13.2 Å². The van der Waals surface area contributed by atoms with Gasteiger partial charge in [0.1, 0.15) is 19.1 Å². The highest BCUT2D eigenvalue weighted by molar-refractivity contribution is 6.02. The number of ketones is 1. The van der Waals surface area contributed by atoms with Gasteiger partial charge < -0.3 is 9.47 Å². The Bertz CT molecular complexity index is 707. The van der Waals surface area contributed by atoms with Crippen LogP contribution < -0.4 is 9.47 Å². The first-order valence-electron chi connectivity index (χ1n) is 6.53. The predicted octanol–water partition coefficient (Wildman–Crippen LogP) is 2.34. The van der Waals surface area contributed by atoms with Gasteiger partial charge in [0, 0.05) is 18.0 Å². The van der Waals surface area contributed by atoms with Crippen LogP contribution in [0.5, 0.6) is 11.5 Å². The Morgan fingerprint density at radius 1 is 1.14 bits per heavy atom. The molecule has 0 bridgehead atoms. The number of pyridine rings is 1. The number of Topliss-reactive ketones (excluding diaryl/α,β-unsaturated/α-hetero) is 1. The second-order valence-corrected chi connectivity index (χ2v) is 4.57. The molecule has 1 unspecified atom stereocenters. The third-order valence-corrected chi connectivity index (χ3v) is 3.26. The van der Waals surface area contributed by atoms with Gasteiger partial charge >= 0.3 is 0 Å². The van der Waals surface area contributed by atoms with Crippen molar-refractivity contribution in [2.24, 2.45) is 0 Å². The van der Waals surface area contributed by atoms with E-state index in [4.69, 9.17) is 9.47 Å². The number of aromatic nitrogens is 1. The zero-order chi connectivity index (χ0) is 14.7. The first kappa shape index (κ1) is 13.1. The second-order valence-electron chi connectivity index (χ2n) is 4.57. The van der Waals surface area contributed by atoms with E-state index in [2.05, 4.69) is 11.1 Å². The third kappa shape index (κ3) is 2.56. The van der Waals surface area contributed by atoms with Crippen LogP contribution in [0.4, 0.5) is 0 Å². The lowest BCUT2D eigenvalue weighted by Gasteiger charge is -2.19. The molecule has 1 aliphatic heterocycles. The number of benzene rings is 1. The van der Waals surface area contributed by atoms with E-state index in [-0.39, 0.29) is 5.78 Å². The number of rotatable bonds is 3. The molecule has 104 valence electrons. The highest BCUT2D eigenvalue weighted by Crippen LogP contribution is 2.33. The third-order valence-electron chi connectivity index (χ3n) is 3.26. The topological polar surface area (TPSA) is 72.2 Å². The quantitative estimate of drug-likeness (QED) is 0.807. The average molecular weight is 280 g/mol. The number of carbonyl (C=O) groups excluding carboxylic acids is 1. The van der Waals surface area contributed by atoms with E-state index >= 15 is 0 Å². The van der Waals surface area contributed by atoms with Crippen LogP contribution in [0, 0.1) is 11.3 Å². The van der Waals surface area contributed by atoms with Crippen molar-refractivity contribution in [2.45, 2.75) is 5.92 Å². The Morgan fingerprint density at radius 2 is 1.86 bits per heavy atom. The van der Waals surface area contributed by atoms with E-state index in [9.17, 15) is 10.1 Å². The summed E-state index contributed by atoms with van der Waals surface area (Å²) < 4.78 is 10.9. The number of nitrogens with zero attached hydrogens (tertiary/aromatic N) is 2. The van der Waals surface area contributed by atoms with Crippen molar-refractivity contribution in [3.63, 3.8) is 0 Å². The Labute approximate surface area is 121 Å². The van der Waals surface area contributed by atoms with Gasteiger partial charge in [-0.15, -0.1) is 0 Å². The summed E-state index contributed by atoms with van der Waals surface area (Å²) >= 11 is 0. The minimum absolute atomic E-state index is 0.253. The molecule has 0 radical (unpaired) electrons. The fourth-order valence-corrected chi connectivity index (χ4v) is 2.21. The van der Waals surface area contributed by atoms with Crippen LogP contribution in [0.3, 0.4) is 0 Å². The Kier molecular flexibility index (Phi) is 3.52. The molecule has 0 spiro atoms. The predicted molar refractivity (Wildman–Crippen MR) is 74.4 cm³/mol. The molecule has 5 heteroatoms. The fraction of sp³-hybridized carbons (Fsp3) is 0.188. The number of hydrogen-bond acceptors (Lipinski definition) is 5. The largest absolute Gasteiger partial charge is 0.486 e. The van der Waals surface area contributed by atoms with Gasteiger partial charge in [-0.2, -0.15) is 5.26 Å². The minimum Gasteiger partial charge on any atom is -0.486 e. The van der Waals surface area contributed by atoms with Crippen molar-refractivity contribution in [1.82, 2.24) is 4.98 Å². The molecule has 2 heterocycles. The summed E-state index contributed by atoms with van der Waals surface area (Å²) in [5.41, 5.74) is 1.06. The van der Waals surface area contributed by atoms with Crippen LogP contribution in [0.15, 0.2) is 42.7 Å². The summed E-state index contributed by atoms with van der Waals surface area (Å²) in [6.45, 7) is 0.968. The van der Waals surface area contributed by atoms with Gasteiger partial charge in [-0.3, -0.25) is 9.78 Å². The molecule has 0 saturated carbocycles. The summed E-state index contributed by atoms with van der Waals surface area (Å²) in [5, 5.41) is 9.36. The van der Waals surface area contributed by atoms with Crippen LogP contribution in [0.1, 0.15) is 21.8 Å². The number of fused-ring (bicyclic) bond motifs is 1. The first-order chi connectivity index (χ1) is 10.3. The van der Waals surface area contributed by atoms with Crippen molar-refractivity contribution in [3.05, 3.63) is 53.9 Å². The minimum atomic E-state index is -0.872. The number of carbonyl (C=O) groups is 1. The summed E-state index contributed by atoms with van der Waals surface area (Å²) in [6.07, 6.45) is 3.07. The van der Waals surface area contributed by atoms with Crippen LogP contribution in [0.2, 0.25) is 0 Å². The monoisotopic (exact) mass is 280 g/mol. The lowest BCUT2D eigenvalue weighted by Crippen LogP contribution is -2.16. The summed E-state index contributed by atoms with van der Waals surface area (Å²) in [7, 11) is 0. The Morgan fingerprint density at radius 3 is 2.57 bits per heavy atom. The normalized spacial score (nSPS) is 14.0. The molecule has 21 heavy (non-hydrogen) atoms. The SMILES string of the molecule is N#CC(C(=O)c1ccncc1)c1ccc2c(c1)OCCO2. The average Bonchev–Trinajstić information content (AvgIpc) is 2.56. The molecule has 2 aromatic rings. The molecule has 0 aliphatic carbocycles. The van der Waals surface area contributed by atoms with E-state index in [1.807, 2.05) is 0 Å². The molecular formula is C16H12N2O3. The molecule has 1 atom stereocenters. The van der Waals surface area contributed by atoms with Gasteiger partial charge in [0.25, 0.3) is 0 Å². The van der Waals surface area contributed by atoms with Crippen LogP contribution in [0.25, 0.3) is 0 Å². The van der Waals surface area contributed by atoms with Crippen molar-refractivity contribution < 1.29 is 14.3 Å². The molecule has 0 N–H and O–H groups in total. The maximum absolute atomic E-state index is 12.4.